The molecule has 0 bridgehead atoms. The van der Waals surface area contributed by atoms with Gasteiger partial charge in [0, 0.05) is 4.90 Å². The Hall–Kier alpha value is -2.72. The number of ether oxygens (including phenoxy) is 1. The average molecular weight is 378 g/mol. The molecule has 2 atom stereocenters. The number of benzene rings is 3. The molecule has 1 unspecified atom stereocenters. The predicted molar refractivity (Wildman–Crippen MR) is 113 cm³/mol. The molecule has 0 amide bonds. The third-order valence-corrected chi connectivity index (χ3v) is 5.95. The van der Waals surface area contributed by atoms with Crippen LogP contribution in [-0.2, 0) is 10.8 Å². The van der Waals surface area contributed by atoms with Gasteiger partial charge in [0.2, 0.25) is 0 Å². The van der Waals surface area contributed by atoms with E-state index in [0.717, 1.165) is 33.2 Å². The van der Waals surface area contributed by atoms with Gasteiger partial charge >= 0.3 is 0 Å². The molecule has 0 spiro atoms. The van der Waals surface area contributed by atoms with Crippen molar-refractivity contribution in [2.24, 2.45) is 4.99 Å². The topological polar surface area (TPSA) is 38.7 Å². The first-order valence-electron chi connectivity index (χ1n) is 8.84. The van der Waals surface area contributed by atoms with E-state index in [-0.39, 0.29) is 5.25 Å². The monoisotopic (exact) mass is 377 g/mol. The summed E-state index contributed by atoms with van der Waals surface area (Å²) in [7, 11) is 0.437. The normalized spacial score (nSPS) is 13.8. The van der Waals surface area contributed by atoms with Crippen LogP contribution in [-0.4, -0.2) is 22.3 Å². The number of methoxy groups -OCH3 is 1. The van der Waals surface area contributed by atoms with Crippen LogP contribution in [0.15, 0.2) is 88.8 Å². The van der Waals surface area contributed by atoms with Gasteiger partial charge in [-0.15, -0.1) is 0 Å². The maximum atomic E-state index is 13.2. The minimum absolute atomic E-state index is 0.253. The van der Waals surface area contributed by atoms with Crippen molar-refractivity contribution in [1.82, 2.24) is 0 Å². The van der Waals surface area contributed by atoms with Gasteiger partial charge in [-0.3, -0.25) is 9.20 Å². The van der Waals surface area contributed by atoms with Crippen molar-refractivity contribution in [1.29, 1.82) is 0 Å². The lowest BCUT2D eigenvalue weighted by atomic mass is 10.1. The number of aryl methyl sites for hydroxylation is 1. The van der Waals surface area contributed by atoms with Gasteiger partial charge in [-0.1, -0.05) is 48.0 Å². The maximum absolute atomic E-state index is 13.2. The predicted octanol–water partition coefficient (Wildman–Crippen LogP) is 5.32. The lowest BCUT2D eigenvalue weighted by Gasteiger charge is -2.16. The Bertz CT molecular complexity index is 932. The Morgan fingerprint density at radius 1 is 0.926 bits per heavy atom. The summed E-state index contributed by atoms with van der Waals surface area (Å²) in [5, 5.41) is -0.253. The molecule has 138 valence electrons. The van der Waals surface area contributed by atoms with Gasteiger partial charge in [-0.2, -0.15) is 0 Å². The van der Waals surface area contributed by atoms with Crippen molar-refractivity contribution in [3.05, 3.63) is 90.0 Å². The molecule has 3 nitrogen and oxygen atoms in total. The van der Waals surface area contributed by atoms with Gasteiger partial charge < -0.3 is 4.74 Å². The molecule has 3 rings (SSSR count). The number of aliphatic imine (C=N–C) groups is 1. The lowest BCUT2D eigenvalue weighted by molar-refractivity contribution is 0.415. The molecular weight excluding hydrogens is 354 g/mol. The van der Waals surface area contributed by atoms with Crippen LogP contribution in [0, 0.1) is 6.92 Å². The second-order valence-corrected chi connectivity index (χ2v) is 8.09. The lowest BCUT2D eigenvalue weighted by Crippen LogP contribution is -2.23. The molecule has 0 N–H and O–H groups in total. The molecule has 0 fully saturated rings. The highest BCUT2D eigenvalue weighted by Gasteiger charge is 2.21. The van der Waals surface area contributed by atoms with Gasteiger partial charge in [0.15, 0.2) is 0 Å². The van der Waals surface area contributed by atoms with Crippen LogP contribution in [0.5, 0.6) is 5.75 Å². The summed E-state index contributed by atoms with van der Waals surface area (Å²) in [6.45, 7) is 3.99. The zero-order chi connectivity index (χ0) is 19.2. The number of rotatable bonds is 6. The van der Waals surface area contributed by atoms with E-state index in [1.54, 1.807) is 7.11 Å². The largest absolute Gasteiger partial charge is 0.497 e. The van der Waals surface area contributed by atoms with Gasteiger partial charge in [-0.05, 0) is 55.8 Å². The molecule has 0 saturated carbocycles. The summed E-state index contributed by atoms with van der Waals surface area (Å²) in [5.74, 6) is 0.784. The molecule has 3 aromatic carbocycles. The van der Waals surface area contributed by atoms with E-state index < -0.39 is 10.8 Å². The summed E-state index contributed by atoms with van der Waals surface area (Å²) >= 11 is 0. The summed E-state index contributed by atoms with van der Waals surface area (Å²) < 4.78 is 18.4. The van der Waals surface area contributed by atoms with Crippen LogP contribution >= 0.6 is 0 Å². The van der Waals surface area contributed by atoms with Crippen molar-refractivity contribution >= 4 is 22.2 Å². The van der Waals surface area contributed by atoms with E-state index in [2.05, 4.69) is 0 Å². The van der Waals surface area contributed by atoms with Crippen LogP contribution in [0.2, 0.25) is 0 Å². The zero-order valence-corrected chi connectivity index (χ0v) is 16.6. The van der Waals surface area contributed by atoms with E-state index in [9.17, 15) is 4.21 Å². The standard InChI is InChI=1S/C23H23NO2S/c1-17-9-15-22(16-10-17)27(25)18(2)23(19-7-5-4-6-8-19)24-20-11-13-21(26-3)14-12-20/h4-16,18H,1-3H3/t18-,27?/m0/s1. The average Bonchev–Trinajstić information content (AvgIpc) is 2.72. The third-order valence-electron chi connectivity index (χ3n) is 4.35. The maximum Gasteiger partial charge on any atom is 0.119 e. The fourth-order valence-electron chi connectivity index (χ4n) is 2.77. The molecule has 0 aliphatic carbocycles. The fourth-order valence-corrected chi connectivity index (χ4v) is 3.98. The second kappa shape index (κ2) is 8.78. The van der Waals surface area contributed by atoms with Crippen LogP contribution in [0.3, 0.4) is 0 Å². The van der Waals surface area contributed by atoms with Gasteiger partial charge in [0.25, 0.3) is 0 Å². The van der Waals surface area contributed by atoms with Gasteiger partial charge in [-0.25, -0.2) is 0 Å². The van der Waals surface area contributed by atoms with E-state index in [1.807, 2.05) is 92.7 Å². The van der Waals surface area contributed by atoms with E-state index >= 15 is 0 Å². The minimum Gasteiger partial charge on any atom is -0.497 e. The molecule has 4 heteroatoms. The van der Waals surface area contributed by atoms with Crippen LogP contribution in [0.1, 0.15) is 18.1 Å². The first kappa shape index (κ1) is 19.1. The molecule has 0 radical (unpaired) electrons. The Morgan fingerprint density at radius 3 is 2.15 bits per heavy atom. The summed E-state index contributed by atoms with van der Waals surface area (Å²) in [5.41, 5.74) is 3.74. The number of hydrogen-bond acceptors (Lipinski definition) is 3. The SMILES string of the molecule is COc1ccc(N=C(c2ccccc2)[C@H](C)S(=O)c2ccc(C)cc2)cc1. The van der Waals surface area contributed by atoms with Crippen molar-refractivity contribution < 1.29 is 8.95 Å². The highest BCUT2D eigenvalue weighted by atomic mass is 32.2. The van der Waals surface area contributed by atoms with E-state index in [1.165, 1.54) is 0 Å². The van der Waals surface area contributed by atoms with Crippen molar-refractivity contribution in [3.8, 4) is 5.75 Å². The summed E-state index contributed by atoms with van der Waals surface area (Å²) in [6.07, 6.45) is 0. The highest BCUT2D eigenvalue weighted by Crippen LogP contribution is 2.23. The van der Waals surface area contributed by atoms with Crippen molar-refractivity contribution in [2.45, 2.75) is 24.0 Å². The van der Waals surface area contributed by atoms with Gasteiger partial charge in [0.1, 0.15) is 5.75 Å². The quantitative estimate of drug-likeness (QED) is 0.545. The van der Waals surface area contributed by atoms with Crippen LogP contribution in [0.4, 0.5) is 5.69 Å². The molecule has 3 aromatic rings. The number of nitrogens with zero attached hydrogens (tertiary/aromatic N) is 1. The Balaban J connectivity index is 1.99. The Morgan fingerprint density at radius 2 is 1.56 bits per heavy atom. The first-order chi connectivity index (χ1) is 13.1. The molecule has 0 saturated heterocycles. The summed E-state index contributed by atoms with van der Waals surface area (Å²) in [4.78, 5) is 5.65. The molecule has 0 aliphatic heterocycles. The molecule has 0 aromatic heterocycles. The smallest absolute Gasteiger partial charge is 0.119 e. The minimum atomic E-state index is -1.20. The van der Waals surface area contributed by atoms with E-state index in [4.69, 9.17) is 9.73 Å². The Kier molecular flexibility index (Phi) is 6.20. The Labute approximate surface area is 163 Å². The van der Waals surface area contributed by atoms with Crippen molar-refractivity contribution in [3.63, 3.8) is 0 Å². The third kappa shape index (κ3) is 4.72. The fraction of sp³-hybridized carbons (Fsp3) is 0.174. The molecular formula is C23H23NO2S. The zero-order valence-electron chi connectivity index (χ0n) is 15.8. The highest BCUT2D eigenvalue weighted by molar-refractivity contribution is 7.86. The molecule has 0 heterocycles. The molecule has 0 aliphatic rings. The molecule has 27 heavy (non-hydrogen) atoms. The van der Waals surface area contributed by atoms with Crippen molar-refractivity contribution in [2.75, 3.05) is 7.11 Å². The summed E-state index contributed by atoms with van der Waals surface area (Å²) in [6, 6.07) is 25.3. The van der Waals surface area contributed by atoms with Gasteiger partial charge in [0.05, 0.1) is 34.6 Å². The van der Waals surface area contributed by atoms with Crippen LogP contribution < -0.4 is 4.74 Å². The van der Waals surface area contributed by atoms with E-state index in [0.29, 0.717) is 0 Å². The van der Waals surface area contributed by atoms with Crippen LogP contribution in [0.25, 0.3) is 0 Å². The first-order valence-corrected chi connectivity index (χ1v) is 10.0. The number of hydrogen-bond donors (Lipinski definition) is 0. The second-order valence-electron chi connectivity index (χ2n) is 6.31.